The third-order valence-corrected chi connectivity index (χ3v) is 6.87. The average Bonchev–Trinajstić information content (AvgIpc) is 3.26. The normalized spacial score (nSPS) is 18.7. The number of hydrogen-bond acceptors (Lipinski definition) is 6. The standard InChI is InChI=1S/C30H46FN3O5/c1-18(2)38-23(21-17-37-30(9,10)34(21)27(36)39-29(6,7)8)14-12-13-22(35)25-20(31)15-19-16-24(28(3,4)5)33(11)26(19)32-25/h15-16,18,21,23H,12-14,17H2,1-11H3/t21-,23?/m0/s1. The molecule has 0 bridgehead atoms. The summed E-state index contributed by atoms with van der Waals surface area (Å²) in [5.74, 6) is -0.973. The van der Waals surface area contributed by atoms with Gasteiger partial charge in [0.05, 0.1) is 24.9 Å². The highest BCUT2D eigenvalue weighted by Gasteiger charge is 2.49. The van der Waals surface area contributed by atoms with E-state index in [9.17, 15) is 14.0 Å². The van der Waals surface area contributed by atoms with E-state index < -0.39 is 35.4 Å². The van der Waals surface area contributed by atoms with Crippen molar-refractivity contribution in [1.29, 1.82) is 0 Å². The number of nitrogens with zero attached hydrogens (tertiary/aromatic N) is 3. The number of aryl methyl sites for hydroxylation is 1. The molecule has 3 rings (SSSR count). The molecule has 0 radical (unpaired) electrons. The molecule has 3 heterocycles. The van der Waals surface area contributed by atoms with Crippen LogP contribution in [0.2, 0.25) is 0 Å². The van der Waals surface area contributed by atoms with Crippen molar-refractivity contribution in [3.63, 3.8) is 0 Å². The zero-order valence-electron chi connectivity index (χ0n) is 25.5. The van der Waals surface area contributed by atoms with Crippen LogP contribution in [0.3, 0.4) is 0 Å². The van der Waals surface area contributed by atoms with Crippen LogP contribution in [0.4, 0.5) is 9.18 Å². The van der Waals surface area contributed by atoms with Gasteiger partial charge in [0, 0.05) is 30.0 Å². The van der Waals surface area contributed by atoms with Crippen LogP contribution in [0.25, 0.3) is 11.0 Å². The second kappa shape index (κ2) is 11.2. The van der Waals surface area contributed by atoms with Crippen LogP contribution >= 0.6 is 0 Å². The summed E-state index contributed by atoms with van der Waals surface area (Å²) in [4.78, 5) is 32.3. The first-order valence-electron chi connectivity index (χ1n) is 13.8. The number of carbonyl (C=O) groups excluding carboxylic acids is 2. The number of pyridine rings is 1. The van der Waals surface area contributed by atoms with Crippen molar-refractivity contribution in [2.45, 2.75) is 123 Å². The van der Waals surface area contributed by atoms with Gasteiger partial charge >= 0.3 is 6.09 Å². The lowest BCUT2D eigenvalue weighted by atomic mass is 9.92. The summed E-state index contributed by atoms with van der Waals surface area (Å²) in [5, 5.41) is 0.674. The second-order valence-corrected chi connectivity index (χ2v) is 13.3. The molecule has 9 heteroatoms. The number of hydrogen-bond donors (Lipinski definition) is 0. The van der Waals surface area contributed by atoms with Crippen molar-refractivity contribution in [3.8, 4) is 0 Å². The Balaban J connectivity index is 1.77. The molecule has 2 aromatic heterocycles. The summed E-state index contributed by atoms with van der Waals surface area (Å²) in [7, 11) is 1.89. The first-order chi connectivity index (χ1) is 17.8. The number of Topliss-reactive ketones (excluding diaryl/α,β-unsaturated/α-hetero) is 1. The number of aromatic nitrogens is 2. The first-order valence-corrected chi connectivity index (χ1v) is 13.8. The van der Waals surface area contributed by atoms with E-state index in [0.29, 0.717) is 23.9 Å². The number of ether oxygens (including phenoxy) is 3. The number of fused-ring (bicyclic) bond motifs is 1. The Bertz CT molecular complexity index is 1210. The Morgan fingerprint density at radius 2 is 1.82 bits per heavy atom. The summed E-state index contributed by atoms with van der Waals surface area (Å²) in [5.41, 5.74) is -0.224. The molecule has 39 heavy (non-hydrogen) atoms. The zero-order valence-corrected chi connectivity index (χ0v) is 25.5. The smallest absolute Gasteiger partial charge is 0.412 e. The molecule has 0 aliphatic carbocycles. The summed E-state index contributed by atoms with van der Waals surface area (Å²) in [6, 6.07) is 2.93. The molecule has 0 spiro atoms. The maximum atomic E-state index is 15.0. The first kappa shape index (κ1) is 31.0. The van der Waals surface area contributed by atoms with E-state index in [-0.39, 0.29) is 36.0 Å². The van der Waals surface area contributed by atoms with E-state index in [1.54, 1.807) is 4.90 Å². The molecular formula is C30H46FN3O5. The summed E-state index contributed by atoms with van der Waals surface area (Å²) < 4.78 is 34.8. The Kier molecular flexibility index (Phi) is 8.87. The van der Waals surface area contributed by atoms with E-state index in [2.05, 4.69) is 25.8 Å². The fraction of sp³-hybridized carbons (Fsp3) is 0.700. The Labute approximate surface area is 232 Å². The van der Waals surface area contributed by atoms with Gasteiger partial charge in [-0.1, -0.05) is 20.8 Å². The molecule has 0 saturated carbocycles. The fourth-order valence-electron chi connectivity index (χ4n) is 5.20. The summed E-state index contributed by atoms with van der Waals surface area (Å²) in [6.07, 6.45) is 0.0538. The van der Waals surface area contributed by atoms with Crippen LogP contribution in [0.5, 0.6) is 0 Å². The van der Waals surface area contributed by atoms with Gasteiger partial charge in [0.2, 0.25) is 0 Å². The maximum absolute atomic E-state index is 15.0. The SMILES string of the molecule is CC(C)OC(CCCC(=O)c1nc2c(cc1F)cc(C(C)(C)C)n2C)[C@@H]1COC(C)(C)N1C(=O)OC(C)(C)C. The molecule has 0 aromatic carbocycles. The lowest BCUT2D eigenvalue weighted by molar-refractivity contribution is -0.0795. The summed E-state index contributed by atoms with van der Waals surface area (Å²) >= 11 is 0. The van der Waals surface area contributed by atoms with Gasteiger partial charge in [-0.15, -0.1) is 0 Å². The van der Waals surface area contributed by atoms with Crippen LogP contribution in [-0.4, -0.2) is 62.5 Å². The van der Waals surface area contributed by atoms with E-state index in [1.807, 2.05) is 66.1 Å². The zero-order chi connectivity index (χ0) is 29.5. The fourth-order valence-corrected chi connectivity index (χ4v) is 5.20. The van der Waals surface area contributed by atoms with E-state index in [4.69, 9.17) is 14.2 Å². The van der Waals surface area contributed by atoms with Crippen molar-refractivity contribution in [1.82, 2.24) is 14.5 Å². The Morgan fingerprint density at radius 1 is 1.18 bits per heavy atom. The third kappa shape index (κ3) is 7.17. The molecule has 2 atom stereocenters. The second-order valence-electron chi connectivity index (χ2n) is 13.3. The van der Waals surface area contributed by atoms with Gasteiger partial charge in [-0.2, -0.15) is 0 Å². The highest BCUT2D eigenvalue weighted by Crippen LogP contribution is 2.34. The van der Waals surface area contributed by atoms with Gasteiger partial charge in [-0.3, -0.25) is 9.69 Å². The number of amides is 1. The summed E-state index contributed by atoms with van der Waals surface area (Å²) in [6.45, 7) is 19.5. The molecule has 8 nitrogen and oxygen atoms in total. The molecule has 1 unspecified atom stereocenters. The van der Waals surface area contributed by atoms with Gasteiger partial charge in [0.25, 0.3) is 0 Å². The lowest BCUT2D eigenvalue weighted by Crippen LogP contribution is -2.54. The molecule has 1 fully saturated rings. The highest BCUT2D eigenvalue weighted by molar-refractivity contribution is 5.96. The molecule has 1 saturated heterocycles. The number of ketones is 1. The van der Waals surface area contributed by atoms with Crippen molar-refractivity contribution in [2.24, 2.45) is 7.05 Å². The van der Waals surface area contributed by atoms with Gasteiger partial charge in [0.1, 0.15) is 22.7 Å². The van der Waals surface area contributed by atoms with Gasteiger partial charge in [-0.05, 0) is 73.4 Å². The van der Waals surface area contributed by atoms with Crippen LogP contribution in [0, 0.1) is 5.82 Å². The van der Waals surface area contributed by atoms with Crippen molar-refractivity contribution in [3.05, 3.63) is 29.3 Å². The average molecular weight is 548 g/mol. The highest BCUT2D eigenvalue weighted by atomic mass is 19.1. The van der Waals surface area contributed by atoms with Crippen molar-refractivity contribution >= 4 is 22.9 Å². The minimum Gasteiger partial charge on any atom is -0.444 e. The number of halogens is 1. The number of rotatable bonds is 8. The van der Waals surface area contributed by atoms with E-state index in [1.165, 1.54) is 6.07 Å². The minimum absolute atomic E-state index is 0.105. The molecule has 218 valence electrons. The van der Waals surface area contributed by atoms with Crippen LogP contribution in [0.15, 0.2) is 12.1 Å². The predicted octanol–water partition coefficient (Wildman–Crippen LogP) is 6.53. The van der Waals surface area contributed by atoms with Crippen LogP contribution < -0.4 is 0 Å². The van der Waals surface area contributed by atoms with Crippen molar-refractivity contribution in [2.75, 3.05) is 6.61 Å². The lowest BCUT2D eigenvalue weighted by Gasteiger charge is -2.38. The van der Waals surface area contributed by atoms with Crippen LogP contribution in [0.1, 0.15) is 105 Å². The largest absolute Gasteiger partial charge is 0.444 e. The van der Waals surface area contributed by atoms with Crippen LogP contribution in [-0.2, 0) is 26.7 Å². The monoisotopic (exact) mass is 547 g/mol. The Morgan fingerprint density at radius 3 is 2.38 bits per heavy atom. The Hall–Kier alpha value is -2.52. The third-order valence-electron chi connectivity index (χ3n) is 6.87. The van der Waals surface area contributed by atoms with Gasteiger partial charge in [0.15, 0.2) is 11.6 Å². The maximum Gasteiger partial charge on any atom is 0.412 e. The van der Waals surface area contributed by atoms with E-state index >= 15 is 0 Å². The number of carbonyl (C=O) groups is 2. The van der Waals surface area contributed by atoms with Gasteiger partial charge < -0.3 is 18.8 Å². The van der Waals surface area contributed by atoms with Gasteiger partial charge in [-0.25, -0.2) is 14.2 Å². The molecule has 0 N–H and O–H groups in total. The molecule has 1 amide bonds. The quantitative estimate of drug-likeness (QED) is 0.350. The topological polar surface area (TPSA) is 82.9 Å². The van der Waals surface area contributed by atoms with Crippen molar-refractivity contribution < 1.29 is 28.2 Å². The molecule has 1 aliphatic rings. The minimum atomic E-state index is -0.870. The molecule has 1 aliphatic heterocycles. The molecule has 2 aromatic rings. The molecular weight excluding hydrogens is 501 g/mol. The van der Waals surface area contributed by atoms with E-state index in [0.717, 1.165) is 5.69 Å². The predicted molar refractivity (Wildman–Crippen MR) is 149 cm³/mol.